The van der Waals surface area contributed by atoms with Gasteiger partial charge in [-0.05, 0) is 44.4 Å². The van der Waals surface area contributed by atoms with E-state index >= 15 is 0 Å². The normalized spacial score (nSPS) is 13.9. The average molecular weight is 295 g/mol. The van der Waals surface area contributed by atoms with E-state index in [1.165, 1.54) is 0 Å². The quantitative estimate of drug-likeness (QED) is 0.908. The molecule has 108 valence electrons. The third-order valence-corrected chi connectivity index (χ3v) is 3.66. The van der Waals surface area contributed by atoms with Crippen LogP contribution in [0, 0.1) is 12.8 Å². The maximum absolute atomic E-state index is 12.0. The fourth-order valence-corrected chi connectivity index (χ4v) is 2.20. The van der Waals surface area contributed by atoms with Crippen LogP contribution < -0.4 is 5.32 Å². The number of carbonyl (C=O) groups is 2. The number of benzene rings is 1. The van der Waals surface area contributed by atoms with Crippen LogP contribution in [0.25, 0.3) is 0 Å². The highest BCUT2D eigenvalue weighted by atomic mass is 35.5. The molecule has 4 nitrogen and oxygen atoms in total. The standard InChI is InChI=1S/C15H19ClN2O2/c1-3-18(15(20)11-5-6-11)9-14(19)17-13-8-12(16)7-4-10(13)2/h4,7-8,11H,3,5-6,9H2,1-2H3,(H,17,19). The summed E-state index contributed by atoms with van der Waals surface area (Å²) in [6.45, 7) is 4.44. The summed E-state index contributed by atoms with van der Waals surface area (Å²) < 4.78 is 0. The molecule has 0 aliphatic heterocycles. The lowest BCUT2D eigenvalue weighted by Crippen LogP contribution is -2.38. The van der Waals surface area contributed by atoms with Crippen LogP contribution in [0.3, 0.4) is 0 Å². The maximum atomic E-state index is 12.0. The van der Waals surface area contributed by atoms with Gasteiger partial charge in [0.05, 0.1) is 6.54 Å². The Balaban J connectivity index is 1.97. The van der Waals surface area contributed by atoms with Crippen LogP contribution in [0.1, 0.15) is 25.3 Å². The lowest BCUT2D eigenvalue weighted by atomic mass is 10.2. The number of nitrogens with zero attached hydrogens (tertiary/aromatic N) is 1. The van der Waals surface area contributed by atoms with E-state index in [9.17, 15) is 9.59 Å². The van der Waals surface area contributed by atoms with E-state index in [1.807, 2.05) is 19.9 Å². The Labute approximate surface area is 124 Å². The summed E-state index contributed by atoms with van der Waals surface area (Å²) in [4.78, 5) is 25.6. The summed E-state index contributed by atoms with van der Waals surface area (Å²) in [6, 6.07) is 5.35. The SMILES string of the molecule is CCN(CC(=O)Nc1cc(Cl)ccc1C)C(=O)C1CC1. The molecule has 20 heavy (non-hydrogen) atoms. The van der Waals surface area contributed by atoms with Gasteiger partial charge in [-0.1, -0.05) is 17.7 Å². The van der Waals surface area contributed by atoms with Gasteiger partial charge in [-0.15, -0.1) is 0 Å². The predicted molar refractivity (Wildman–Crippen MR) is 79.8 cm³/mol. The molecular formula is C15H19ClN2O2. The van der Waals surface area contributed by atoms with Crippen molar-refractivity contribution in [3.63, 3.8) is 0 Å². The van der Waals surface area contributed by atoms with Gasteiger partial charge in [-0.2, -0.15) is 0 Å². The number of likely N-dealkylation sites (N-methyl/N-ethyl adjacent to an activating group) is 1. The summed E-state index contributed by atoms with van der Waals surface area (Å²) in [5.41, 5.74) is 1.64. The van der Waals surface area contributed by atoms with Gasteiger partial charge in [-0.3, -0.25) is 9.59 Å². The van der Waals surface area contributed by atoms with E-state index in [0.29, 0.717) is 17.3 Å². The van der Waals surface area contributed by atoms with Crippen LogP contribution >= 0.6 is 11.6 Å². The molecule has 0 atom stereocenters. The van der Waals surface area contributed by atoms with Crippen LogP contribution in [-0.2, 0) is 9.59 Å². The fraction of sp³-hybridized carbons (Fsp3) is 0.467. The smallest absolute Gasteiger partial charge is 0.244 e. The van der Waals surface area contributed by atoms with E-state index in [2.05, 4.69) is 5.32 Å². The van der Waals surface area contributed by atoms with Gasteiger partial charge in [0.2, 0.25) is 11.8 Å². The minimum absolute atomic E-state index is 0.0884. The summed E-state index contributed by atoms with van der Waals surface area (Å²) in [7, 11) is 0. The molecule has 0 aromatic heterocycles. The molecule has 0 heterocycles. The molecule has 0 unspecified atom stereocenters. The Morgan fingerprint density at radius 2 is 2.10 bits per heavy atom. The Kier molecular flexibility index (Phi) is 4.65. The van der Waals surface area contributed by atoms with Crippen molar-refractivity contribution in [2.24, 2.45) is 5.92 Å². The summed E-state index contributed by atoms with van der Waals surface area (Å²) >= 11 is 5.92. The Hall–Kier alpha value is -1.55. The second-order valence-corrected chi connectivity index (χ2v) is 5.57. The van der Waals surface area contributed by atoms with Gasteiger partial charge in [-0.25, -0.2) is 0 Å². The molecule has 1 saturated carbocycles. The molecule has 1 aliphatic rings. The molecule has 5 heteroatoms. The lowest BCUT2D eigenvalue weighted by Gasteiger charge is -2.20. The predicted octanol–water partition coefficient (Wildman–Crippen LogP) is 2.85. The Morgan fingerprint density at radius 3 is 2.70 bits per heavy atom. The van der Waals surface area contributed by atoms with Gasteiger partial charge in [0.15, 0.2) is 0 Å². The Bertz CT molecular complexity index is 527. The highest BCUT2D eigenvalue weighted by Gasteiger charge is 2.33. The minimum atomic E-state index is -0.189. The van der Waals surface area contributed by atoms with Gasteiger partial charge < -0.3 is 10.2 Å². The minimum Gasteiger partial charge on any atom is -0.333 e. The average Bonchev–Trinajstić information content (AvgIpc) is 3.24. The van der Waals surface area contributed by atoms with Crippen molar-refractivity contribution in [3.05, 3.63) is 28.8 Å². The third kappa shape index (κ3) is 3.73. The van der Waals surface area contributed by atoms with Crippen molar-refractivity contribution in [1.29, 1.82) is 0 Å². The highest BCUT2D eigenvalue weighted by Crippen LogP contribution is 2.30. The first kappa shape index (κ1) is 14.9. The monoisotopic (exact) mass is 294 g/mol. The van der Waals surface area contributed by atoms with Crippen LogP contribution in [0.4, 0.5) is 5.69 Å². The molecule has 2 rings (SSSR count). The second kappa shape index (κ2) is 6.27. The number of carbonyl (C=O) groups excluding carboxylic acids is 2. The van der Waals surface area contributed by atoms with E-state index in [1.54, 1.807) is 17.0 Å². The topological polar surface area (TPSA) is 49.4 Å². The van der Waals surface area contributed by atoms with Crippen molar-refractivity contribution in [3.8, 4) is 0 Å². The first-order valence-corrected chi connectivity index (χ1v) is 7.24. The number of hydrogen-bond donors (Lipinski definition) is 1. The lowest BCUT2D eigenvalue weighted by molar-refractivity contribution is -0.135. The zero-order chi connectivity index (χ0) is 14.7. The van der Waals surface area contributed by atoms with Crippen molar-refractivity contribution < 1.29 is 9.59 Å². The fourth-order valence-electron chi connectivity index (χ4n) is 2.03. The molecule has 0 bridgehead atoms. The van der Waals surface area contributed by atoms with Crippen molar-refractivity contribution >= 4 is 29.1 Å². The number of nitrogens with one attached hydrogen (secondary N) is 1. The van der Waals surface area contributed by atoms with Crippen molar-refractivity contribution in [1.82, 2.24) is 4.90 Å². The molecule has 0 saturated heterocycles. The molecule has 1 aromatic rings. The number of hydrogen-bond acceptors (Lipinski definition) is 2. The summed E-state index contributed by atoms with van der Waals surface area (Å²) in [5.74, 6) is 0.0346. The summed E-state index contributed by atoms with van der Waals surface area (Å²) in [6.07, 6.45) is 1.90. The molecule has 0 spiro atoms. The van der Waals surface area contributed by atoms with Gasteiger partial charge >= 0.3 is 0 Å². The van der Waals surface area contributed by atoms with Gasteiger partial charge in [0.1, 0.15) is 0 Å². The number of rotatable bonds is 5. The van der Waals surface area contributed by atoms with Gasteiger partial charge in [0.25, 0.3) is 0 Å². The van der Waals surface area contributed by atoms with E-state index < -0.39 is 0 Å². The molecule has 2 amide bonds. The second-order valence-electron chi connectivity index (χ2n) is 5.13. The molecule has 1 aromatic carbocycles. The van der Waals surface area contributed by atoms with E-state index in [4.69, 9.17) is 11.6 Å². The Morgan fingerprint density at radius 1 is 1.40 bits per heavy atom. The third-order valence-electron chi connectivity index (χ3n) is 3.43. The first-order chi connectivity index (χ1) is 9.51. The zero-order valence-corrected chi connectivity index (χ0v) is 12.5. The molecular weight excluding hydrogens is 276 g/mol. The van der Waals surface area contributed by atoms with Gasteiger partial charge in [0, 0.05) is 23.2 Å². The van der Waals surface area contributed by atoms with E-state index in [-0.39, 0.29) is 24.3 Å². The molecule has 1 N–H and O–H groups in total. The number of anilines is 1. The van der Waals surface area contributed by atoms with Crippen LogP contribution in [0.2, 0.25) is 5.02 Å². The van der Waals surface area contributed by atoms with Crippen molar-refractivity contribution in [2.75, 3.05) is 18.4 Å². The summed E-state index contributed by atoms with van der Waals surface area (Å²) in [5, 5.41) is 3.39. The molecule has 0 radical (unpaired) electrons. The first-order valence-electron chi connectivity index (χ1n) is 6.86. The molecule has 1 fully saturated rings. The largest absolute Gasteiger partial charge is 0.333 e. The number of aryl methyl sites for hydroxylation is 1. The number of amides is 2. The van der Waals surface area contributed by atoms with Crippen LogP contribution in [0.5, 0.6) is 0 Å². The van der Waals surface area contributed by atoms with E-state index in [0.717, 1.165) is 18.4 Å². The zero-order valence-electron chi connectivity index (χ0n) is 11.8. The maximum Gasteiger partial charge on any atom is 0.244 e. The van der Waals surface area contributed by atoms with Crippen molar-refractivity contribution in [2.45, 2.75) is 26.7 Å². The van der Waals surface area contributed by atoms with Crippen LogP contribution in [-0.4, -0.2) is 29.8 Å². The number of halogens is 1. The van der Waals surface area contributed by atoms with Crippen LogP contribution in [0.15, 0.2) is 18.2 Å². The molecule has 1 aliphatic carbocycles. The highest BCUT2D eigenvalue weighted by molar-refractivity contribution is 6.31.